The van der Waals surface area contributed by atoms with Gasteiger partial charge in [0.2, 0.25) is 0 Å². The summed E-state index contributed by atoms with van der Waals surface area (Å²) in [6.45, 7) is 0. The van der Waals surface area contributed by atoms with E-state index in [0.29, 0.717) is 11.4 Å². The van der Waals surface area contributed by atoms with Gasteiger partial charge in [0.15, 0.2) is 0 Å². The van der Waals surface area contributed by atoms with Crippen LogP contribution in [0.25, 0.3) is 0 Å². The van der Waals surface area contributed by atoms with Crippen LogP contribution in [0.15, 0.2) is 18.2 Å². The van der Waals surface area contributed by atoms with E-state index < -0.39 is 35.3 Å². The average Bonchev–Trinajstić information content (AvgIpc) is 2.27. The zero-order valence-corrected chi connectivity index (χ0v) is 10.7. The fraction of sp³-hybridized carbons (Fsp3) is 0.455. The first kappa shape index (κ1) is 15.4. The monoisotopic (exact) mass is 330 g/mol. The van der Waals surface area contributed by atoms with Crippen molar-refractivity contribution in [2.45, 2.75) is 24.8 Å². The summed E-state index contributed by atoms with van der Waals surface area (Å²) in [6.07, 6.45) is -7.77. The molecule has 0 radical (unpaired) electrons. The van der Waals surface area contributed by atoms with E-state index in [1.165, 1.54) is 0 Å². The first-order valence-electron chi connectivity index (χ1n) is 5.06. The Bertz CT molecular complexity index is 409. The molecule has 7 heteroatoms. The first-order chi connectivity index (χ1) is 8.27. The van der Waals surface area contributed by atoms with Crippen LogP contribution in [0.3, 0.4) is 0 Å². The lowest BCUT2D eigenvalue weighted by Gasteiger charge is -2.21. The molecule has 1 aromatic carbocycles. The Hall–Kier alpha value is -0.660. The molecule has 0 aliphatic heterocycles. The van der Waals surface area contributed by atoms with E-state index in [1.54, 1.807) is 0 Å². The maximum atomic E-state index is 12.8. The van der Waals surface area contributed by atoms with Crippen LogP contribution in [0.1, 0.15) is 23.7 Å². The third-order valence-electron chi connectivity index (χ3n) is 2.41. The smallest absolute Gasteiger partial charge is 0.390 e. The van der Waals surface area contributed by atoms with Crippen LogP contribution in [0.4, 0.5) is 17.6 Å². The Balaban J connectivity index is 3.15. The number of benzene rings is 1. The molecule has 0 fully saturated rings. The molecule has 0 bridgehead atoms. The molecule has 0 aliphatic carbocycles. The van der Waals surface area contributed by atoms with Gasteiger partial charge in [0, 0.05) is 5.33 Å². The van der Waals surface area contributed by atoms with Gasteiger partial charge < -0.3 is 10.2 Å². The molecular weight excluding hydrogens is 320 g/mol. The van der Waals surface area contributed by atoms with E-state index in [4.69, 9.17) is 0 Å². The van der Waals surface area contributed by atoms with Crippen molar-refractivity contribution in [1.29, 1.82) is 0 Å². The second kappa shape index (κ2) is 5.99. The van der Waals surface area contributed by atoms with Gasteiger partial charge in [-0.05, 0) is 24.1 Å². The number of hydrogen-bond donors (Lipinski definition) is 2. The van der Waals surface area contributed by atoms with Crippen molar-refractivity contribution in [1.82, 2.24) is 0 Å². The summed E-state index contributed by atoms with van der Waals surface area (Å²) in [6, 6.07) is 1.95. The summed E-state index contributed by atoms with van der Waals surface area (Å²) >= 11 is 3.01. The third-order valence-corrected chi connectivity index (χ3v) is 2.87. The first-order valence-corrected chi connectivity index (χ1v) is 6.18. The van der Waals surface area contributed by atoms with E-state index >= 15 is 0 Å². The van der Waals surface area contributed by atoms with Gasteiger partial charge >= 0.3 is 6.18 Å². The molecule has 0 heterocycles. The minimum absolute atomic E-state index is 0.0792. The lowest BCUT2D eigenvalue weighted by Crippen LogP contribution is -2.22. The molecule has 0 amide bonds. The molecule has 2 nitrogen and oxygen atoms in total. The zero-order valence-electron chi connectivity index (χ0n) is 9.09. The van der Waals surface area contributed by atoms with Crippen molar-refractivity contribution in [2.24, 2.45) is 0 Å². The van der Waals surface area contributed by atoms with Crippen molar-refractivity contribution in [3.05, 3.63) is 35.1 Å². The van der Waals surface area contributed by atoms with Gasteiger partial charge in [0.1, 0.15) is 11.9 Å². The van der Waals surface area contributed by atoms with E-state index in [0.717, 1.165) is 12.1 Å². The van der Waals surface area contributed by atoms with Crippen LogP contribution < -0.4 is 0 Å². The Morgan fingerprint density at radius 3 is 2.33 bits per heavy atom. The predicted molar refractivity (Wildman–Crippen MR) is 60.8 cm³/mol. The van der Waals surface area contributed by atoms with Gasteiger partial charge in [-0.15, -0.1) is 0 Å². The maximum absolute atomic E-state index is 12.8. The average molecular weight is 331 g/mol. The minimum Gasteiger partial charge on any atom is -0.390 e. The van der Waals surface area contributed by atoms with Crippen LogP contribution in [0, 0.1) is 5.82 Å². The highest BCUT2D eigenvalue weighted by Gasteiger charge is 2.36. The molecule has 102 valence electrons. The van der Waals surface area contributed by atoms with Crippen LogP contribution in [-0.2, 0) is 6.18 Å². The number of aliphatic hydroxyl groups excluding tert-OH is 2. The van der Waals surface area contributed by atoms with Gasteiger partial charge in [-0.1, -0.05) is 22.0 Å². The molecule has 1 aromatic rings. The SMILES string of the molecule is OC(CCBr)C(O)c1ccc(F)cc1C(F)(F)F. The van der Waals surface area contributed by atoms with E-state index in [-0.39, 0.29) is 6.42 Å². The van der Waals surface area contributed by atoms with Gasteiger partial charge in [-0.25, -0.2) is 4.39 Å². The van der Waals surface area contributed by atoms with Crippen molar-refractivity contribution < 1.29 is 27.8 Å². The van der Waals surface area contributed by atoms with Crippen molar-refractivity contribution in [3.8, 4) is 0 Å². The summed E-state index contributed by atoms with van der Waals surface area (Å²) in [7, 11) is 0. The van der Waals surface area contributed by atoms with Crippen molar-refractivity contribution in [2.75, 3.05) is 5.33 Å². The van der Waals surface area contributed by atoms with Gasteiger partial charge in [-0.3, -0.25) is 0 Å². The molecule has 0 saturated heterocycles. The van der Waals surface area contributed by atoms with Crippen molar-refractivity contribution >= 4 is 15.9 Å². The quantitative estimate of drug-likeness (QED) is 0.658. The number of rotatable bonds is 4. The number of halogens is 5. The van der Waals surface area contributed by atoms with E-state index in [1.807, 2.05) is 0 Å². The normalized spacial score (nSPS) is 15.5. The fourth-order valence-electron chi connectivity index (χ4n) is 1.51. The molecule has 2 N–H and O–H groups in total. The maximum Gasteiger partial charge on any atom is 0.416 e. The van der Waals surface area contributed by atoms with Gasteiger partial charge in [0.25, 0.3) is 0 Å². The molecule has 2 atom stereocenters. The largest absolute Gasteiger partial charge is 0.416 e. The van der Waals surface area contributed by atoms with E-state index in [2.05, 4.69) is 15.9 Å². The summed E-state index contributed by atoms with van der Waals surface area (Å²) < 4.78 is 50.8. The zero-order chi connectivity index (χ0) is 13.9. The Kier molecular flexibility index (Phi) is 5.12. The highest BCUT2D eigenvalue weighted by Crippen LogP contribution is 2.36. The molecular formula is C11H11BrF4O2. The third kappa shape index (κ3) is 3.66. The lowest BCUT2D eigenvalue weighted by molar-refractivity contribution is -0.140. The Morgan fingerprint density at radius 2 is 1.83 bits per heavy atom. The van der Waals surface area contributed by atoms with Gasteiger partial charge in [0.05, 0.1) is 11.7 Å². The standard InChI is InChI=1S/C11H11BrF4O2/c12-4-3-9(17)10(18)7-2-1-6(13)5-8(7)11(14,15)16/h1-2,5,9-10,17-18H,3-4H2. The highest BCUT2D eigenvalue weighted by atomic mass is 79.9. The van der Waals surface area contributed by atoms with E-state index in [9.17, 15) is 27.8 Å². The molecule has 18 heavy (non-hydrogen) atoms. The molecule has 0 spiro atoms. The number of alkyl halides is 4. The van der Waals surface area contributed by atoms with Crippen LogP contribution >= 0.6 is 15.9 Å². The fourth-order valence-corrected chi connectivity index (χ4v) is 1.98. The lowest BCUT2D eigenvalue weighted by atomic mass is 9.97. The summed E-state index contributed by atoms with van der Waals surface area (Å²) in [5, 5.41) is 19.5. The number of aliphatic hydroxyl groups is 2. The Labute approximate surface area is 109 Å². The Morgan fingerprint density at radius 1 is 1.22 bits per heavy atom. The summed E-state index contributed by atoms with van der Waals surface area (Å²) in [5.41, 5.74) is -1.80. The topological polar surface area (TPSA) is 40.5 Å². The van der Waals surface area contributed by atoms with Crippen molar-refractivity contribution in [3.63, 3.8) is 0 Å². The number of hydrogen-bond acceptors (Lipinski definition) is 2. The minimum atomic E-state index is -4.79. The van der Waals surface area contributed by atoms with Crippen LogP contribution in [0.2, 0.25) is 0 Å². The van der Waals surface area contributed by atoms with Crippen LogP contribution in [-0.4, -0.2) is 21.6 Å². The molecule has 0 saturated carbocycles. The van der Waals surface area contributed by atoms with Gasteiger partial charge in [-0.2, -0.15) is 13.2 Å². The second-order valence-corrected chi connectivity index (χ2v) is 4.51. The predicted octanol–water partition coefficient (Wildman–Crippen LogP) is 3.02. The molecule has 2 unspecified atom stereocenters. The highest BCUT2D eigenvalue weighted by molar-refractivity contribution is 9.09. The molecule has 0 aliphatic rings. The second-order valence-electron chi connectivity index (χ2n) is 3.72. The molecule has 1 rings (SSSR count). The molecule has 0 aromatic heterocycles. The van der Waals surface area contributed by atoms with Crippen LogP contribution in [0.5, 0.6) is 0 Å². The summed E-state index contributed by atoms with van der Waals surface area (Å²) in [4.78, 5) is 0. The summed E-state index contributed by atoms with van der Waals surface area (Å²) in [5.74, 6) is -1.05.